The van der Waals surface area contributed by atoms with Gasteiger partial charge in [0.25, 0.3) is 5.91 Å². The van der Waals surface area contributed by atoms with Crippen molar-refractivity contribution >= 4 is 17.7 Å². The Kier molecular flexibility index (Phi) is 4.14. The van der Waals surface area contributed by atoms with E-state index in [4.69, 9.17) is 10.5 Å². The Morgan fingerprint density at radius 1 is 1.27 bits per heavy atom. The van der Waals surface area contributed by atoms with Gasteiger partial charge in [-0.25, -0.2) is 9.18 Å². The third-order valence-corrected chi connectivity index (χ3v) is 5.41. The Balaban J connectivity index is 1.59. The largest absolute Gasteiger partial charge is 0.486 e. The molecule has 138 valence electrons. The normalized spacial score (nSPS) is 28.3. The lowest BCUT2D eigenvalue weighted by atomic mass is 10.1. The number of rotatable bonds is 3. The lowest BCUT2D eigenvalue weighted by molar-refractivity contribution is -0.394. The average Bonchev–Trinajstić information content (AvgIpc) is 3.15. The van der Waals surface area contributed by atoms with Crippen molar-refractivity contribution < 1.29 is 28.8 Å². The monoisotopic (exact) mass is 362 g/mol. The van der Waals surface area contributed by atoms with E-state index < -0.39 is 11.9 Å². The second kappa shape index (κ2) is 6.35. The van der Waals surface area contributed by atoms with Gasteiger partial charge in [0.2, 0.25) is 0 Å². The Labute approximate surface area is 149 Å². The maximum Gasteiger partial charge on any atom is 0.388 e. The molecular formula is C18H21FN3O4+. The van der Waals surface area contributed by atoms with Crippen molar-refractivity contribution in [1.29, 1.82) is 0 Å². The van der Waals surface area contributed by atoms with Crippen molar-refractivity contribution in [1.82, 2.24) is 4.90 Å². The lowest BCUT2D eigenvalue weighted by Crippen LogP contribution is -2.82. The van der Waals surface area contributed by atoms with Crippen molar-refractivity contribution in [3.8, 4) is 5.75 Å². The van der Waals surface area contributed by atoms with E-state index in [9.17, 15) is 19.1 Å². The molecule has 7 nitrogen and oxygen atoms in total. The molecule has 0 saturated heterocycles. The summed E-state index contributed by atoms with van der Waals surface area (Å²) in [6.45, 7) is 0.0263. The number of nitrogens with two attached hydrogens (primary N) is 1. The van der Waals surface area contributed by atoms with E-state index in [1.807, 2.05) is 0 Å². The van der Waals surface area contributed by atoms with Crippen LogP contribution in [-0.4, -0.2) is 45.9 Å². The Morgan fingerprint density at radius 2 is 2.08 bits per heavy atom. The van der Waals surface area contributed by atoms with E-state index in [0.717, 1.165) is 19.3 Å². The number of hydrogen-bond donors (Lipinski definition) is 3. The van der Waals surface area contributed by atoms with Gasteiger partial charge in [-0.05, 0) is 37.8 Å². The second-order valence-corrected chi connectivity index (χ2v) is 7.08. The van der Waals surface area contributed by atoms with E-state index in [2.05, 4.69) is 4.99 Å². The molecule has 1 saturated carbocycles. The highest BCUT2D eigenvalue weighted by Gasteiger charge is 2.42. The van der Waals surface area contributed by atoms with Gasteiger partial charge >= 0.3 is 11.8 Å². The highest BCUT2D eigenvalue weighted by atomic mass is 19.1. The van der Waals surface area contributed by atoms with Crippen LogP contribution in [0, 0.1) is 5.82 Å². The first-order chi connectivity index (χ1) is 12.5. The van der Waals surface area contributed by atoms with Gasteiger partial charge in [-0.1, -0.05) is 0 Å². The van der Waals surface area contributed by atoms with E-state index in [1.165, 1.54) is 11.0 Å². The summed E-state index contributed by atoms with van der Waals surface area (Å²) in [7, 11) is 0. The number of carbonyl (C=O) groups is 2. The number of nitrogens with one attached hydrogen (secondary N) is 1. The number of fused-ring (bicyclic) bond motifs is 1. The number of aliphatic hydroxyl groups excluding tert-OH is 1. The quantitative estimate of drug-likeness (QED) is 0.688. The van der Waals surface area contributed by atoms with Crippen LogP contribution in [0.25, 0.3) is 0 Å². The summed E-state index contributed by atoms with van der Waals surface area (Å²) in [6.07, 6.45) is 2.87. The van der Waals surface area contributed by atoms with Crippen LogP contribution in [0.2, 0.25) is 0 Å². The van der Waals surface area contributed by atoms with Gasteiger partial charge in [-0.15, -0.1) is 4.99 Å². The van der Waals surface area contributed by atoms with Crippen molar-refractivity contribution in [2.75, 3.05) is 0 Å². The van der Waals surface area contributed by atoms with Crippen molar-refractivity contribution in [2.24, 2.45) is 5.73 Å². The maximum absolute atomic E-state index is 14.9. The van der Waals surface area contributed by atoms with E-state index >= 15 is 0 Å². The number of ether oxygens (including phenoxy) is 1. The molecule has 1 aliphatic carbocycles. The van der Waals surface area contributed by atoms with Crippen LogP contribution in [-0.2, 0) is 11.3 Å². The van der Waals surface area contributed by atoms with Gasteiger partial charge in [0, 0.05) is 17.2 Å². The predicted molar refractivity (Wildman–Crippen MR) is 89.1 cm³/mol. The minimum absolute atomic E-state index is 0.0263. The zero-order chi connectivity index (χ0) is 18.4. The van der Waals surface area contributed by atoms with Crippen LogP contribution >= 0.6 is 0 Å². The first-order valence-electron chi connectivity index (χ1n) is 8.86. The summed E-state index contributed by atoms with van der Waals surface area (Å²) in [6, 6.07) is 2.25. The van der Waals surface area contributed by atoms with E-state index in [1.54, 1.807) is 6.07 Å². The molecule has 0 radical (unpaired) electrons. The maximum atomic E-state index is 14.9. The molecule has 0 aromatic heterocycles. The van der Waals surface area contributed by atoms with Gasteiger partial charge in [0.15, 0.2) is 17.6 Å². The van der Waals surface area contributed by atoms with E-state index in [0.29, 0.717) is 6.42 Å². The molecule has 1 aromatic carbocycles. The molecule has 8 heteroatoms. The molecule has 1 unspecified atom stereocenters. The van der Waals surface area contributed by atoms with Crippen molar-refractivity contribution in [3.05, 3.63) is 29.1 Å². The molecule has 2 amide bonds. The first kappa shape index (κ1) is 17.0. The van der Waals surface area contributed by atoms with Gasteiger partial charge in [-0.3, -0.25) is 4.79 Å². The highest BCUT2D eigenvalue weighted by Crippen LogP contribution is 2.34. The molecule has 4 N–H and O–H groups in total. The van der Waals surface area contributed by atoms with Crippen molar-refractivity contribution in [3.63, 3.8) is 0 Å². The highest BCUT2D eigenvalue weighted by molar-refractivity contribution is 6.01. The summed E-state index contributed by atoms with van der Waals surface area (Å²) >= 11 is 0. The summed E-state index contributed by atoms with van der Waals surface area (Å²) in [5.41, 5.74) is 6.50. The number of benzene rings is 1. The number of carbonyl (C=O) groups excluding carboxylic acids is 2. The summed E-state index contributed by atoms with van der Waals surface area (Å²) in [5.74, 6) is -1.38. The Hall–Kier alpha value is -2.48. The number of aliphatic hydroxyl groups is 1. The number of amides is 2. The van der Waals surface area contributed by atoms with Crippen LogP contribution in [0.15, 0.2) is 12.1 Å². The smallest absolute Gasteiger partial charge is 0.388 e. The second-order valence-electron chi connectivity index (χ2n) is 7.08. The van der Waals surface area contributed by atoms with Gasteiger partial charge in [-0.2, -0.15) is 0 Å². The van der Waals surface area contributed by atoms with Crippen LogP contribution in [0.4, 0.5) is 4.39 Å². The molecule has 0 bridgehead atoms. The summed E-state index contributed by atoms with van der Waals surface area (Å²) in [4.78, 5) is 27.7. The Bertz CT molecular complexity index is 810. The molecule has 0 spiro atoms. The third-order valence-electron chi connectivity index (χ3n) is 5.41. The van der Waals surface area contributed by atoms with Crippen LogP contribution in [0.3, 0.4) is 0 Å². The fraction of sp³-hybridized carbons (Fsp3) is 0.500. The van der Waals surface area contributed by atoms with Gasteiger partial charge < -0.3 is 20.5 Å². The molecule has 2 aliphatic heterocycles. The zero-order valence-corrected chi connectivity index (χ0v) is 14.2. The minimum Gasteiger partial charge on any atom is -0.486 e. The molecular weight excluding hydrogens is 341 g/mol. The van der Waals surface area contributed by atoms with Crippen molar-refractivity contribution in [2.45, 2.75) is 56.8 Å². The first-order valence-corrected chi connectivity index (χ1v) is 8.86. The molecule has 3 atom stereocenters. The zero-order valence-electron chi connectivity index (χ0n) is 14.2. The third kappa shape index (κ3) is 2.74. The average molecular weight is 362 g/mol. The predicted octanol–water partition coefficient (Wildman–Crippen LogP) is -0.234. The number of hydrogen-bond acceptors (Lipinski definition) is 4. The van der Waals surface area contributed by atoms with Crippen LogP contribution < -0.4 is 15.5 Å². The molecule has 2 heterocycles. The number of halogens is 1. The van der Waals surface area contributed by atoms with Crippen LogP contribution in [0.5, 0.6) is 5.75 Å². The fourth-order valence-electron chi connectivity index (χ4n) is 3.96. The Morgan fingerprint density at radius 3 is 2.77 bits per heavy atom. The van der Waals surface area contributed by atoms with E-state index in [-0.39, 0.29) is 59.7 Å². The lowest BCUT2D eigenvalue weighted by Gasteiger charge is -2.24. The standard InChI is InChI=1S/C18H20FN3O4/c19-16-10-8-22(12-5-7-15(23)21-17(12)24)18(25)9(10)4-6-14(16)26-13-3-1-2-11(13)20/h4,6,11-13H,1-3,5,7-8,20H2,(H,21,23,24)/p+1/t11-,12?,13+/m0/s1. The topological polar surface area (TPSA) is 107 Å². The molecule has 26 heavy (non-hydrogen) atoms. The molecule has 4 rings (SSSR count). The molecule has 3 aliphatic rings. The number of nitrogens with zero attached hydrogens (tertiary/aromatic N) is 1. The molecule has 1 fully saturated rings. The summed E-state index contributed by atoms with van der Waals surface area (Å²) in [5, 5.41) is 10.00. The summed E-state index contributed by atoms with van der Waals surface area (Å²) < 4.78 is 20.7. The fourth-order valence-corrected chi connectivity index (χ4v) is 3.96. The van der Waals surface area contributed by atoms with Gasteiger partial charge in [0.05, 0.1) is 13.0 Å². The minimum atomic E-state index is -0.653. The molecule has 1 aromatic rings. The van der Waals surface area contributed by atoms with Crippen LogP contribution in [0.1, 0.15) is 48.0 Å². The SMILES string of the molecule is N[C@H]1CCC[C@H]1Oc1ccc2c(c1F)CN(C1CCC(=O)[NH+]=C1O)C2=O. The van der Waals surface area contributed by atoms with Gasteiger partial charge in [0.1, 0.15) is 6.10 Å².